The molecule has 0 aliphatic carbocycles. The van der Waals surface area contributed by atoms with Gasteiger partial charge in [0.15, 0.2) is 6.61 Å². The Morgan fingerprint density at radius 2 is 1.96 bits per heavy atom. The van der Waals surface area contributed by atoms with Crippen molar-refractivity contribution in [2.75, 3.05) is 11.9 Å². The van der Waals surface area contributed by atoms with E-state index in [0.717, 1.165) is 0 Å². The van der Waals surface area contributed by atoms with Crippen LogP contribution in [0.15, 0.2) is 54.1 Å². The van der Waals surface area contributed by atoms with Crippen molar-refractivity contribution in [1.82, 2.24) is 0 Å². The van der Waals surface area contributed by atoms with Gasteiger partial charge in [0.1, 0.15) is 23.5 Å². The maximum atomic E-state index is 12.2. The van der Waals surface area contributed by atoms with Crippen molar-refractivity contribution in [2.24, 2.45) is 0 Å². The molecule has 0 aliphatic rings. The molecule has 118 valence electrons. The lowest BCUT2D eigenvalue weighted by Crippen LogP contribution is -2.13. The lowest BCUT2D eigenvalue weighted by atomic mass is 10.1. The van der Waals surface area contributed by atoms with E-state index in [2.05, 4.69) is 5.32 Å². The Kier molecular flexibility index (Phi) is 5.96. The minimum Gasteiger partial charge on any atom is -0.479 e. The second-order valence-electron chi connectivity index (χ2n) is 4.65. The number of hydrogen-bond donors (Lipinski definition) is 1. The minimum atomic E-state index is -0.524. The van der Waals surface area contributed by atoms with Crippen LogP contribution < -0.4 is 10.1 Å². The van der Waals surface area contributed by atoms with E-state index in [9.17, 15) is 10.1 Å². The highest BCUT2D eigenvalue weighted by molar-refractivity contribution is 6.31. The average molecular weight is 338 g/mol. The predicted molar refractivity (Wildman–Crippen MR) is 91.2 cm³/mol. The molecule has 2 aromatic rings. The maximum Gasteiger partial charge on any atom is 0.266 e. The standard InChI is InChI=1S/C18H12ClN3O2/c19-15-2-1-3-16(11-15)22-18(23)14(12-21)10-13-4-6-17(7-5-13)24-9-8-20/h1-7,10-11H,9H2,(H,22,23)/b14-10+. The Morgan fingerprint density at radius 1 is 1.21 bits per heavy atom. The largest absolute Gasteiger partial charge is 0.479 e. The number of rotatable bonds is 5. The molecule has 0 aromatic heterocycles. The monoisotopic (exact) mass is 337 g/mol. The number of amides is 1. The topological polar surface area (TPSA) is 85.9 Å². The number of benzene rings is 2. The smallest absolute Gasteiger partial charge is 0.266 e. The number of nitrogens with one attached hydrogen (secondary N) is 1. The van der Waals surface area contributed by atoms with Gasteiger partial charge in [0.25, 0.3) is 5.91 Å². The molecule has 2 aromatic carbocycles. The third-order valence-corrected chi connectivity index (χ3v) is 3.18. The third kappa shape index (κ3) is 4.88. The number of carbonyl (C=O) groups is 1. The van der Waals surface area contributed by atoms with Gasteiger partial charge in [-0.25, -0.2) is 0 Å². The molecule has 2 rings (SSSR count). The zero-order valence-electron chi connectivity index (χ0n) is 12.5. The first-order valence-corrected chi connectivity index (χ1v) is 7.28. The van der Waals surface area contributed by atoms with E-state index in [-0.39, 0.29) is 12.2 Å². The van der Waals surface area contributed by atoms with Gasteiger partial charge in [-0.3, -0.25) is 4.79 Å². The summed E-state index contributed by atoms with van der Waals surface area (Å²) in [5.74, 6) is 0.0140. The first-order chi connectivity index (χ1) is 11.6. The predicted octanol–water partition coefficient (Wildman–Crippen LogP) is 3.79. The zero-order valence-corrected chi connectivity index (χ0v) is 13.2. The summed E-state index contributed by atoms with van der Waals surface area (Å²) >= 11 is 5.86. The average Bonchev–Trinajstić information content (AvgIpc) is 2.58. The van der Waals surface area contributed by atoms with E-state index < -0.39 is 5.91 Å². The van der Waals surface area contributed by atoms with Gasteiger partial charge < -0.3 is 10.1 Å². The van der Waals surface area contributed by atoms with Crippen LogP contribution in [0.2, 0.25) is 5.02 Å². The highest BCUT2D eigenvalue weighted by atomic mass is 35.5. The molecule has 0 spiro atoms. The zero-order chi connectivity index (χ0) is 17.4. The number of ether oxygens (including phenoxy) is 1. The van der Waals surface area contributed by atoms with E-state index in [4.69, 9.17) is 21.6 Å². The van der Waals surface area contributed by atoms with Crippen LogP contribution in [-0.4, -0.2) is 12.5 Å². The number of hydrogen-bond acceptors (Lipinski definition) is 4. The Labute approximate surface area is 144 Å². The van der Waals surface area contributed by atoms with E-state index >= 15 is 0 Å². The van der Waals surface area contributed by atoms with E-state index in [1.165, 1.54) is 6.08 Å². The summed E-state index contributed by atoms with van der Waals surface area (Å²) in [6.45, 7) is -0.0410. The molecular formula is C18H12ClN3O2. The highest BCUT2D eigenvalue weighted by Crippen LogP contribution is 2.17. The fourth-order valence-corrected chi connectivity index (χ4v) is 2.05. The van der Waals surface area contributed by atoms with Crippen LogP contribution in [0.5, 0.6) is 5.75 Å². The van der Waals surface area contributed by atoms with Gasteiger partial charge in [-0.2, -0.15) is 10.5 Å². The first-order valence-electron chi connectivity index (χ1n) is 6.91. The summed E-state index contributed by atoms with van der Waals surface area (Å²) in [5.41, 5.74) is 1.13. The molecule has 5 nitrogen and oxygen atoms in total. The van der Waals surface area contributed by atoms with Gasteiger partial charge in [-0.1, -0.05) is 29.8 Å². The molecule has 1 amide bonds. The van der Waals surface area contributed by atoms with Crippen LogP contribution in [0.4, 0.5) is 5.69 Å². The fourth-order valence-electron chi connectivity index (χ4n) is 1.86. The molecule has 0 radical (unpaired) electrons. The molecular weight excluding hydrogens is 326 g/mol. The van der Waals surface area contributed by atoms with E-state index in [0.29, 0.717) is 22.0 Å². The number of anilines is 1. The van der Waals surface area contributed by atoms with Gasteiger partial charge in [-0.15, -0.1) is 0 Å². The Balaban J connectivity index is 2.12. The molecule has 0 aliphatic heterocycles. The van der Waals surface area contributed by atoms with Crippen molar-refractivity contribution in [1.29, 1.82) is 10.5 Å². The Hall–Kier alpha value is -3.28. The maximum absolute atomic E-state index is 12.2. The van der Waals surface area contributed by atoms with Crippen molar-refractivity contribution in [3.63, 3.8) is 0 Å². The molecule has 0 atom stereocenters. The summed E-state index contributed by atoms with van der Waals surface area (Å²) in [7, 11) is 0. The lowest BCUT2D eigenvalue weighted by molar-refractivity contribution is -0.112. The molecule has 0 fully saturated rings. The quantitative estimate of drug-likeness (QED) is 0.664. The summed E-state index contributed by atoms with van der Waals surface area (Å²) in [4.78, 5) is 12.2. The van der Waals surface area contributed by atoms with Gasteiger partial charge >= 0.3 is 0 Å². The van der Waals surface area contributed by atoms with Crippen molar-refractivity contribution < 1.29 is 9.53 Å². The fraction of sp³-hybridized carbons (Fsp3) is 0.0556. The number of carbonyl (C=O) groups excluding carboxylic acids is 1. The molecule has 0 saturated carbocycles. The second-order valence-corrected chi connectivity index (χ2v) is 5.09. The molecule has 24 heavy (non-hydrogen) atoms. The van der Waals surface area contributed by atoms with Gasteiger partial charge in [-0.05, 0) is 42.0 Å². The third-order valence-electron chi connectivity index (χ3n) is 2.94. The molecule has 6 heteroatoms. The normalized spacial score (nSPS) is 10.4. The van der Waals surface area contributed by atoms with Gasteiger partial charge in [0, 0.05) is 10.7 Å². The highest BCUT2D eigenvalue weighted by Gasteiger charge is 2.09. The number of halogens is 1. The van der Waals surface area contributed by atoms with Crippen LogP contribution in [0, 0.1) is 22.7 Å². The van der Waals surface area contributed by atoms with E-state index in [1.807, 2.05) is 12.1 Å². The SMILES string of the molecule is N#CCOc1ccc(/C=C(\C#N)C(=O)Nc2cccc(Cl)c2)cc1. The van der Waals surface area contributed by atoms with Crippen molar-refractivity contribution in [3.8, 4) is 17.9 Å². The molecule has 1 N–H and O–H groups in total. The molecule has 0 saturated heterocycles. The van der Waals surface area contributed by atoms with E-state index in [1.54, 1.807) is 48.5 Å². The van der Waals surface area contributed by atoms with Crippen molar-refractivity contribution >= 4 is 29.3 Å². The summed E-state index contributed by atoms with van der Waals surface area (Å²) in [6, 6.07) is 17.1. The Bertz CT molecular complexity index is 846. The lowest BCUT2D eigenvalue weighted by Gasteiger charge is -2.05. The first kappa shape index (κ1) is 17.1. The second kappa shape index (κ2) is 8.38. The summed E-state index contributed by atoms with van der Waals surface area (Å²) in [5, 5.41) is 20.8. The number of nitrogens with zero attached hydrogens (tertiary/aromatic N) is 2. The van der Waals surface area contributed by atoms with Gasteiger partial charge in [0.05, 0.1) is 0 Å². The van der Waals surface area contributed by atoms with Crippen LogP contribution in [-0.2, 0) is 4.79 Å². The molecule has 0 unspecified atom stereocenters. The van der Waals surface area contributed by atoms with Crippen LogP contribution in [0.3, 0.4) is 0 Å². The summed E-state index contributed by atoms with van der Waals surface area (Å²) < 4.78 is 5.14. The number of nitriles is 2. The Morgan fingerprint density at radius 3 is 2.58 bits per heavy atom. The minimum absolute atomic E-state index is 0.0410. The van der Waals surface area contributed by atoms with Crippen LogP contribution in [0.1, 0.15) is 5.56 Å². The van der Waals surface area contributed by atoms with Crippen LogP contribution in [0.25, 0.3) is 6.08 Å². The van der Waals surface area contributed by atoms with Gasteiger partial charge in [0.2, 0.25) is 0 Å². The van der Waals surface area contributed by atoms with Crippen molar-refractivity contribution in [2.45, 2.75) is 0 Å². The van der Waals surface area contributed by atoms with Crippen LogP contribution >= 0.6 is 11.6 Å². The summed E-state index contributed by atoms with van der Waals surface area (Å²) in [6.07, 6.45) is 1.47. The molecule has 0 heterocycles. The molecule has 0 bridgehead atoms. The van der Waals surface area contributed by atoms with Crippen molar-refractivity contribution in [3.05, 3.63) is 64.7 Å².